The van der Waals surface area contributed by atoms with Crippen molar-refractivity contribution in [1.29, 1.82) is 0 Å². The number of piperazine rings is 1. The van der Waals surface area contributed by atoms with E-state index in [0.717, 1.165) is 26.6 Å². The van der Waals surface area contributed by atoms with Gasteiger partial charge in [0.05, 0.1) is 17.7 Å². The highest BCUT2D eigenvalue weighted by Crippen LogP contribution is 2.30. The van der Waals surface area contributed by atoms with Gasteiger partial charge in [-0.05, 0) is 42.5 Å². The van der Waals surface area contributed by atoms with Crippen LogP contribution in [0.2, 0.25) is 0 Å². The molecule has 0 atom stereocenters. The van der Waals surface area contributed by atoms with E-state index in [1.165, 1.54) is 0 Å². The Kier molecular flexibility index (Phi) is 5.91. The molecule has 4 rings (SSSR count). The van der Waals surface area contributed by atoms with Crippen molar-refractivity contribution in [3.63, 3.8) is 0 Å². The van der Waals surface area contributed by atoms with Crippen molar-refractivity contribution in [3.8, 4) is 17.0 Å². The summed E-state index contributed by atoms with van der Waals surface area (Å²) in [6, 6.07) is 14.6. The van der Waals surface area contributed by atoms with E-state index in [1.54, 1.807) is 41.0 Å². The molecule has 3 aromatic rings. The van der Waals surface area contributed by atoms with Crippen LogP contribution in [0.25, 0.3) is 11.3 Å². The second-order valence-electron chi connectivity index (χ2n) is 6.59. The molecule has 1 saturated heterocycles. The minimum absolute atomic E-state index is 0.316. The number of thiazole rings is 1. The van der Waals surface area contributed by atoms with Crippen molar-refractivity contribution in [2.45, 2.75) is 4.90 Å². The third-order valence-corrected chi connectivity index (χ3v) is 8.11. The lowest BCUT2D eigenvalue weighted by molar-refractivity contribution is 0.385. The number of halogens is 1. The highest BCUT2D eigenvalue weighted by molar-refractivity contribution is 9.10. The van der Waals surface area contributed by atoms with Gasteiger partial charge in [-0.1, -0.05) is 22.0 Å². The molecular weight excluding hydrogens is 474 g/mol. The third kappa shape index (κ3) is 4.32. The van der Waals surface area contributed by atoms with Gasteiger partial charge in [-0.25, -0.2) is 13.4 Å². The van der Waals surface area contributed by atoms with Gasteiger partial charge in [0.1, 0.15) is 5.75 Å². The molecule has 2 aromatic carbocycles. The summed E-state index contributed by atoms with van der Waals surface area (Å²) in [6.45, 7) is 2.10. The van der Waals surface area contributed by atoms with Crippen LogP contribution in [0, 0.1) is 0 Å². The van der Waals surface area contributed by atoms with Gasteiger partial charge in [0.25, 0.3) is 0 Å². The first-order chi connectivity index (χ1) is 14.0. The number of hydrogen-bond donors (Lipinski definition) is 0. The number of nitrogens with zero attached hydrogens (tertiary/aromatic N) is 3. The van der Waals surface area contributed by atoms with Gasteiger partial charge in [0.2, 0.25) is 10.0 Å². The summed E-state index contributed by atoms with van der Waals surface area (Å²) in [5.41, 5.74) is 1.95. The fourth-order valence-electron chi connectivity index (χ4n) is 3.20. The van der Waals surface area contributed by atoms with Gasteiger partial charge >= 0.3 is 0 Å². The molecule has 6 nitrogen and oxygen atoms in total. The van der Waals surface area contributed by atoms with E-state index in [4.69, 9.17) is 9.72 Å². The fourth-order valence-corrected chi connectivity index (χ4v) is 6.11. The highest BCUT2D eigenvalue weighted by atomic mass is 79.9. The molecule has 9 heteroatoms. The molecule has 1 fully saturated rings. The first kappa shape index (κ1) is 20.3. The van der Waals surface area contributed by atoms with Crippen LogP contribution in [0.1, 0.15) is 0 Å². The summed E-state index contributed by atoms with van der Waals surface area (Å²) in [6.07, 6.45) is 0. The Hall–Kier alpha value is -1.94. The molecule has 0 aliphatic carbocycles. The van der Waals surface area contributed by atoms with Crippen molar-refractivity contribution in [2.24, 2.45) is 0 Å². The number of sulfonamides is 1. The topological polar surface area (TPSA) is 62.7 Å². The summed E-state index contributed by atoms with van der Waals surface area (Å²) >= 11 is 4.92. The standard InChI is InChI=1S/C20H20BrN3O3S2/c1-27-17-7-5-15(6-8-17)19-14-28-20(22-19)23-9-11-24(12-10-23)29(25,26)18-4-2-3-16(21)13-18/h2-8,13-14H,9-12H2,1H3. The SMILES string of the molecule is COc1ccc(-c2csc(N3CCN(S(=O)(=O)c4cccc(Br)c4)CC3)n2)cc1. The molecule has 1 aliphatic rings. The Morgan fingerprint density at radius 2 is 1.79 bits per heavy atom. The molecule has 0 spiro atoms. The first-order valence-corrected chi connectivity index (χ1v) is 12.2. The summed E-state index contributed by atoms with van der Waals surface area (Å²) in [5.74, 6) is 0.812. The van der Waals surface area contributed by atoms with Crippen molar-refractivity contribution < 1.29 is 13.2 Å². The van der Waals surface area contributed by atoms with Crippen LogP contribution < -0.4 is 9.64 Å². The van der Waals surface area contributed by atoms with E-state index in [2.05, 4.69) is 20.8 Å². The van der Waals surface area contributed by atoms with Gasteiger partial charge in [-0.15, -0.1) is 11.3 Å². The quantitative estimate of drug-likeness (QED) is 0.535. The number of benzene rings is 2. The lowest BCUT2D eigenvalue weighted by atomic mass is 10.2. The van der Waals surface area contributed by atoms with E-state index >= 15 is 0 Å². The van der Waals surface area contributed by atoms with Gasteiger partial charge < -0.3 is 9.64 Å². The summed E-state index contributed by atoms with van der Waals surface area (Å²) in [7, 11) is -1.84. The Balaban J connectivity index is 1.44. The van der Waals surface area contributed by atoms with E-state index in [1.807, 2.05) is 35.7 Å². The van der Waals surface area contributed by atoms with Crippen LogP contribution in [0.5, 0.6) is 5.75 Å². The molecule has 29 heavy (non-hydrogen) atoms. The van der Waals surface area contributed by atoms with Gasteiger partial charge in [-0.2, -0.15) is 4.31 Å². The number of rotatable bonds is 5. The van der Waals surface area contributed by atoms with E-state index < -0.39 is 10.0 Å². The van der Waals surface area contributed by atoms with Crippen LogP contribution >= 0.6 is 27.3 Å². The van der Waals surface area contributed by atoms with Crippen molar-refractivity contribution in [1.82, 2.24) is 9.29 Å². The second kappa shape index (κ2) is 8.43. The Labute approximate surface area is 182 Å². The lowest BCUT2D eigenvalue weighted by Crippen LogP contribution is -2.48. The molecule has 152 valence electrons. The molecule has 2 heterocycles. The minimum atomic E-state index is -3.49. The number of hydrogen-bond acceptors (Lipinski definition) is 6. The smallest absolute Gasteiger partial charge is 0.243 e. The highest BCUT2D eigenvalue weighted by Gasteiger charge is 2.29. The number of ether oxygens (including phenoxy) is 1. The van der Waals surface area contributed by atoms with Gasteiger partial charge in [-0.3, -0.25) is 0 Å². The molecule has 0 N–H and O–H groups in total. The van der Waals surface area contributed by atoms with Crippen LogP contribution in [0.3, 0.4) is 0 Å². The van der Waals surface area contributed by atoms with E-state index in [9.17, 15) is 8.42 Å². The number of aromatic nitrogens is 1. The average molecular weight is 494 g/mol. The van der Waals surface area contributed by atoms with Crippen LogP contribution in [-0.2, 0) is 10.0 Å². The number of methoxy groups -OCH3 is 1. The fraction of sp³-hybridized carbons (Fsp3) is 0.250. The van der Waals surface area contributed by atoms with Gasteiger partial charge in [0.15, 0.2) is 5.13 Å². The van der Waals surface area contributed by atoms with Crippen molar-refractivity contribution in [2.75, 3.05) is 38.2 Å². The molecule has 0 saturated carbocycles. The van der Waals surface area contributed by atoms with Crippen molar-refractivity contribution >= 4 is 42.4 Å². The monoisotopic (exact) mass is 493 g/mol. The molecule has 0 amide bonds. The maximum atomic E-state index is 12.9. The zero-order valence-corrected chi connectivity index (χ0v) is 19.0. The first-order valence-electron chi connectivity index (χ1n) is 9.08. The summed E-state index contributed by atoms with van der Waals surface area (Å²) < 4.78 is 33.3. The maximum Gasteiger partial charge on any atom is 0.243 e. The predicted octanol–water partition coefficient (Wildman–Crippen LogP) is 4.09. The normalized spacial score (nSPS) is 15.4. The maximum absolute atomic E-state index is 12.9. The van der Waals surface area contributed by atoms with Crippen molar-refractivity contribution in [3.05, 3.63) is 58.4 Å². The van der Waals surface area contributed by atoms with Crippen LogP contribution in [0.15, 0.2) is 63.3 Å². The average Bonchev–Trinajstić information content (AvgIpc) is 3.24. The van der Waals surface area contributed by atoms with Gasteiger partial charge in [0, 0.05) is 41.6 Å². The molecular formula is C20H20BrN3O3S2. The third-order valence-electron chi connectivity index (χ3n) is 4.82. The van der Waals surface area contributed by atoms with Crippen LogP contribution in [-0.4, -0.2) is 51.0 Å². The number of anilines is 1. The molecule has 0 unspecified atom stereocenters. The summed E-state index contributed by atoms with van der Waals surface area (Å²) in [5, 5.41) is 2.94. The van der Waals surface area contributed by atoms with Crippen LogP contribution in [0.4, 0.5) is 5.13 Å². The predicted molar refractivity (Wildman–Crippen MR) is 119 cm³/mol. The molecule has 0 radical (unpaired) electrons. The van der Waals surface area contributed by atoms with E-state index in [0.29, 0.717) is 31.1 Å². The molecule has 1 aliphatic heterocycles. The second-order valence-corrected chi connectivity index (χ2v) is 10.3. The Morgan fingerprint density at radius 3 is 2.45 bits per heavy atom. The van der Waals surface area contributed by atoms with E-state index in [-0.39, 0.29) is 0 Å². The molecule has 1 aromatic heterocycles. The zero-order chi connectivity index (χ0) is 20.4. The zero-order valence-electron chi connectivity index (χ0n) is 15.8. The Bertz CT molecular complexity index is 1090. The largest absolute Gasteiger partial charge is 0.497 e. The minimum Gasteiger partial charge on any atom is -0.497 e. The lowest BCUT2D eigenvalue weighted by Gasteiger charge is -2.33. The Morgan fingerprint density at radius 1 is 1.07 bits per heavy atom. The molecule has 0 bridgehead atoms. The summed E-state index contributed by atoms with van der Waals surface area (Å²) in [4.78, 5) is 7.21.